The van der Waals surface area contributed by atoms with Gasteiger partial charge in [-0.1, -0.05) is 19.9 Å². The summed E-state index contributed by atoms with van der Waals surface area (Å²) in [4.78, 5) is 16.0. The molecule has 6 heteroatoms. The highest BCUT2D eigenvalue weighted by atomic mass is 16.5. The van der Waals surface area contributed by atoms with Gasteiger partial charge in [0.25, 0.3) is 0 Å². The number of nitrogens with one attached hydrogen (secondary N) is 2. The van der Waals surface area contributed by atoms with Crippen LogP contribution in [0.3, 0.4) is 0 Å². The largest absolute Gasteiger partial charge is 0.493 e. The number of carbonyl (C=O) groups excluding carboxylic acids is 1. The minimum absolute atomic E-state index is 0.203. The summed E-state index contributed by atoms with van der Waals surface area (Å²) in [6.45, 7) is 5.09. The van der Waals surface area contributed by atoms with Gasteiger partial charge < -0.3 is 20.1 Å². The van der Waals surface area contributed by atoms with E-state index in [4.69, 9.17) is 9.47 Å². The number of urea groups is 1. The molecular formula is C19H25N3O3. The normalized spacial score (nSPS) is 10.9. The van der Waals surface area contributed by atoms with Crippen molar-refractivity contribution in [3.63, 3.8) is 0 Å². The molecule has 1 aromatic heterocycles. The second-order valence-corrected chi connectivity index (χ2v) is 6.35. The summed E-state index contributed by atoms with van der Waals surface area (Å²) in [5.41, 5.74) is 1.80. The third kappa shape index (κ3) is 5.11. The van der Waals surface area contributed by atoms with Gasteiger partial charge in [-0.3, -0.25) is 4.98 Å². The van der Waals surface area contributed by atoms with Gasteiger partial charge in [0.1, 0.15) is 0 Å². The lowest BCUT2D eigenvalue weighted by Crippen LogP contribution is -2.42. The van der Waals surface area contributed by atoms with Crippen molar-refractivity contribution in [2.45, 2.75) is 25.8 Å². The second kappa shape index (κ2) is 8.37. The molecule has 2 amide bonds. The van der Waals surface area contributed by atoms with Crippen LogP contribution in [-0.4, -0.2) is 31.8 Å². The van der Waals surface area contributed by atoms with E-state index in [1.165, 1.54) is 0 Å². The van der Waals surface area contributed by atoms with Crippen LogP contribution in [0.2, 0.25) is 0 Å². The zero-order valence-corrected chi connectivity index (χ0v) is 15.1. The molecule has 134 valence electrons. The van der Waals surface area contributed by atoms with Gasteiger partial charge in [0.2, 0.25) is 0 Å². The summed E-state index contributed by atoms with van der Waals surface area (Å²) in [6, 6.07) is 9.33. The Morgan fingerprint density at radius 3 is 2.36 bits per heavy atom. The molecule has 0 saturated heterocycles. The molecular weight excluding hydrogens is 318 g/mol. The van der Waals surface area contributed by atoms with E-state index < -0.39 is 0 Å². The lowest BCUT2D eigenvalue weighted by Gasteiger charge is -2.26. The Morgan fingerprint density at radius 2 is 1.72 bits per heavy atom. The zero-order valence-electron chi connectivity index (χ0n) is 15.1. The van der Waals surface area contributed by atoms with E-state index in [0.717, 1.165) is 11.1 Å². The van der Waals surface area contributed by atoms with Crippen LogP contribution in [-0.2, 0) is 12.0 Å². The predicted octanol–water partition coefficient (Wildman–Crippen LogP) is 2.88. The number of pyridine rings is 1. The number of amides is 2. The Bertz CT molecular complexity index is 702. The van der Waals surface area contributed by atoms with Crippen LogP contribution in [0.4, 0.5) is 4.79 Å². The Morgan fingerprint density at radius 1 is 1.04 bits per heavy atom. The maximum Gasteiger partial charge on any atom is 0.315 e. The van der Waals surface area contributed by atoms with Gasteiger partial charge in [-0.25, -0.2) is 4.79 Å². The fourth-order valence-electron chi connectivity index (χ4n) is 2.41. The summed E-state index contributed by atoms with van der Waals surface area (Å²) in [5, 5.41) is 5.76. The van der Waals surface area contributed by atoms with E-state index in [2.05, 4.69) is 29.5 Å². The molecule has 0 aliphatic rings. The van der Waals surface area contributed by atoms with Crippen molar-refractivity contribution in [3.8, 4) is 11.5 Å². The molecule has 2 N–H and O–H groups in total. The van der Waals surface area contributed by atoms with Crippen molar-refractivity contribution in [2.75, 3.05) is 20.8 Å². The van der Waals surface area contributed by atoms with E-state index in [0.29, 0.717) is 24.6 Å². The number of rotatable bonds is 7. The Balaban J connectivity index is 1.93. The Hall–Kier alpha value is -2.76. The van der Waals surface area contributed by atoms with Crippen molar-refractivity contribution < 1.29 is 14.3 Å². The first-order chi connectivity index (χ1) is 12.0. The molecule has 0 radical (unpaired) electrons. The van der Waals surface area contributed by atoms with Crippen LogP contribution in [0.1, 0.15) is 25.0 Å². The van der Waals surface area contributed by atoms with Gasteiger partial charge in [-0.2, -0.15) is 0 Å². The van der Waals surface area contributed by atoms with Crippen LogP contribution in [0, 0.1) is 0 Å². The van der Waals surface area contributed by atoms with E-state index in [-0.39, 0.29) is 11.4 Å². The molecule has 25 heavy (non-hydrogen) atoms. The summed E-state index contributed by atoms with van der Waals surface area (Å²) in [6.07, 6.45) is 3.41. The molecule has 0 unspecified atom stereocenters. The fourth-order valence-corrected chi connectivity index (χ4v) is 2.41. The van der Waals surface area contributed by atoms with E-state index in [9.17, 15) is 4.79 Å². The lowest BCUT2D eigenvalue weighted by molar-refractivity contribution is 0.238. The smallest absolute Gasteiger partial charge is 0.315 e. The molecule has 0 fully saturated rings. The lowest BCUT2D eigenvalue weighted by atomic mass is 9.84. The molecule has 2 aromatic rings. The first kappa shape index (κ1) is 18.6. The maximum absolute atomic E-state index is 12.0. The number of hydrogen-bond donors (Lipinski definition) is 2. The summed E-state index contributed by atoms with van der Waals surface area (Å²) < 4.78 is 10.6. The zero-order chi connectivity index (χ0) is 18.3. The molecule has 0 aliphatic heterocycles. The summed E-state index contributed by atoms with van der Waals surface area (Å²) in [5.74, 6) is 1.36. The second-order valence-electron chi connectivity index (χ2n) is 6.35. The first-order valence-electron chi connectivity index (χ1n) is 8.09. The van der Waals surface area contributed by atoms with Crippen LogP contribution in [0.25, 0.3) is 0 Å². The van der Waals surface area contributed by atoms with Gasteiger partial charge in [-0.05, 0) is 35.4 Å². The monoisotopic (exact) mass is 343 g/mol. The van der Waals surface area contributed by atoms with E-state index in [1.807, 2.05) is 30.3 Å². The van der Waals surface area contributed by atoms with Crippen LogP contribution < -0.4 is 20.1 Å². The molecule has 0 spiro atoms. The highest BCUT2D eigenvalue weighted by Gasteiger charge is 2.23. The molecule has 0 aliphatic carbocycles. The van der Waals surface area contributed by atoms with Crippen LogP contribution >= 0.6 is 0 Å². The molecule has 1 heterocycles. The Kier molecular flexibility index (Phi) is 6.22. The molecule has 1 aromatic carbocycles. The molecule has 6 nitrogen and oxygen atoms in total. The van der Waals surface area contributed by atoms with Crippen molar-refractivity contribution in [1.82, 2.24) is 15.6 Å². The van der Waals surface area contributed by atoms with Crippen LogP contribution in [0.5, 0.6) is 11.5 Å². The number of carbonyl (C=O) groups is 1. The van der Waals surface area contributed by atoms with Gasteiger partial charge in [0, 0.05) is 30.9 Å². The number of aromatic nitrogens is 1. The number of methoxy groups -OCH3 is 2. The van der Waals surface area contributed by atoms with Crippen molar-refractivity contribution in [1.29, 1.82) is 0 Å². The average molecular weight is 343 g/mol. The minimum Gasteiger partial charge on any atom is -0.493 e. The predicted molar refractivity (Wildman–Crippen MR) is 97.0 cm³/mol. The molecule has 0 bridgehead atoms. The number of nitrogens with zero attached hydrogens (tertiary/aromatic N) is 1. The molecule has 0 saturated carbocycles. The van der Waals surface area contributed by atoms with E-state index in [1.54, 1.807) is 26.6 Å². The van der Waals surface area contributed by atoms with Crippen LogP contribution in [0.15, 0.2) is 42.7 Å². The van der Waals surface area contributed by atoms with Gasteiger partial charge in [-0.15, -0.1) is 0 Å². The topological polar surface area (TPSA) is 72.5 Å². The number of hydrogen-bond acceptors (Lipinski definition) is 4. The molecule has 2 rings (SSSR count). The third-order valence-corrected chi connectivity index (χ3v) is 4.06. The Labute approximate surface area is 148 Å². The fraction of sp³-hybridized carbons (Fsp3) is 0.368. The minimum atomic E-state index is -0.256. The van der Waals surface area contributed by atoms with Gasteiger partial charge >= 0.3 is 6.03 Å². The first-order valence-corrected chi connectivity index (χ1v) is 8.09. The number of ether oxygens (including phenoxy) is 2. The third-order valence-electron chi connectivity index (χ3n) is 4.06. The van der Waals surface area contributed by atoms with E-state index >= 15 is 0 Å². The van der Waals surface area contributed by atoms with Crippen molar-refractivity contribution in [2.24, 2.45) is 0 Å². The standard InChI is InChI=1S/C19H25N3O3/c1-19(2,15-5-6-16(24-3)17(11-15)25-4)13-22-18(23)21-12-14-7-9-20-10-8-14/h5-11H,12-13H2,1-4H3,(H2,21,22,23). The van der Waals surface area contributed by atoms with Crippen molar-refractivity contribution >= 4 is 6.03 Å². The average Bonchev–Trinajstić information content (AvgIpc) is 2.65. The number of benzene rings is 1. The quantitative estimate of drug-likeness (QED) is 0.811. The summed E-state index contributed by atoms with van der Waals surface area (Å²) in [7, 11) is 3.22. The maximum atomic E-state index is 12.0. The van der Waals surface area contributed by atoms with Gasteiger partial charge in [0.05, 0.1) is 14.2 Å². The van der Waals surface area contributed by atoms with Gasteiger partial charge in [0.15, 0.2) is 11.5 Å². The summed E-state index contributed by atoms with van der Waals surface area (Å²) >= 11 is 0. The molecule has 0 atom stereocenters. The SMILES string of the molecule is COc1ccc(C(C)(C)CNC(=O)NCc2ccncc2)cc1OC. The highest BCUT2D eigenvalue weighted by molar-refractivity contribution is 5.74. The highest BCUT2D eigenvalue weighted by Crippen LogP contribution is 2.32. The van der Waals surface area contributed by atoms with Crippen molar-refractivity contribution in [3.05, 3.63) is 53.9 Å².